The summed E-state index contributed by atoms with van der Waals surface area (Å²) < 4.78 is 14.6. The Morgan fingerprint density at radius 3 is 2.62 bits per heavy atom. The van der Waals surface area contributed by atoms with Crippen molar-refractivity contribution in [2.75, 3.05) is 5.32 Å². The van der Waals surface area contributed by atoms with Crippen LogP contribution in [0.2, 0.25) is 10.0 Å². The molecule has 0 amide bonds. The smallest absolute Gasteiger partial charge is 0.305 e. The minimum atomic E-state index is -0.866. The average Bonchev–Trinajstić information content (AvgIpc) is 2.45. The Bertz CT molecular complexity index is 713. The van der Waals surface area contributed by atoms with Crippen molar-refractivity contribution >= 4 is 50.5 Å². The van der Waals surface area contributed by atoms with Gasteiger partial charge in [-0.05, 0) is 28.1 Å². The van der Waals surface area contributed by atoms with Gasteiger partial charge in [0.25, 0.3) is 0 Å². The molecule has 2 aromatic rings. The van der Waals surface area contributed by atoms with Gasteiger partial charge < -0.3 is 5.32 Å². The lowest BCUT2D eigenvalue weighted by Gasteiger charge is -2.11. The number of rotatable bonds is 4. The van der Waals surface area contributed by atoms with Crippen LogP contribution in [0.15, 0.2) is 34.8 Å². The van der Waals surface area contributed by atoms with Crippen molar-refractivity contribution in [3.05, 3.63) is 66.3 Å². The van der Waals surface area contributed by atoms with Gasteiger partial charge in [0.2, 0.25) is 5.82 Å². The van der Waals surface area contributed by atoms with Crippen LogP contribution in [-0.4, -0.2) is 4.92 Å². The summed E-state index contributed by atoms with van der Waals surface area (Å²) in [6, 6.07) is 7.37. The SMILES string of the molecule is O=[N+]([O-])c1cccc(CNc2ccc(Br)c(Cl)c2Cl)c1F. The summed E-state index contributed by atoms with van der Waals surface area (Å²) in [5.41, 5.74) is 0.115. The van der Waals surface area contributed by atoms with Crippen molar-refractivity contribution in [3.63, 3.8) is 0 Å². The molecule has 0 spiro atoms. The molecule has 8 heteroatoms. The minimum Gasteiger partial charge on any atom is -0.380 e. The second kappa shape index (κ2) is 6.60. The van der Waals surface area contributed by atoms with E-state index < -0.39 is 16.4 Å². The maximum absolute atomic E-state index is 13.9. The largest absolute Gasteiger partial charge is 0.380 e. The normalized spacial score (nSPS) is 10.5. The fourth-order valence-electron chi connectivity index (χ4n) is 1.70. The van der Waals surface area contributed by atoms with Gasteiger partial charge in [-0.1, -0.05) is 35.3 Å². The molecule has 0 saturated heterocycles. The highest BCUT2D eigenvalue weighted by molar-refractivity contribution is 9.10. The molecule has 0 saturated carbocycles. The first-order valence-electron chi connectivity index (χ1n) is 5.71. The number of halogens is 4. The van der Waals surface area contributed by atoms with Crippen molar-refractivity contribution in [2.45, 2.75) is 6.54 Å². The Kier molecular flexibility index (Phi) is 5.03. The third-order valence-corrected chi connectivity index (χ3v) is 4.53. The summed E-state index contributed by atoms with van der Waals surface area (Å²) in [6.45, 7) is 0.0468. The molecule has 0 aliphatic heterocycles. The maximum Gasteiger partial charge on any atom is 0.305 e. The molecule has 4 nitrogen and oxygen atoms in total. The van der Waals surface area contributed by atoms with Gasteiger partial charge in [-0.3, -0.25) is 10.1 Å². The Balaban J connectivity index is 2.23. The lowest BCUT2D eigenvalue weighted by molar-refractivity contribution is -0.387. The van der Waals surface area contributed by atoms with Gasteiger partial charge in [-0.15, -0.1) is 0 Å². The number of nitrogens with zero attached hydrogens (tertiary/aromatic N) is 1. The van der Waals surface area contributed by atoms with Crippen molar-refractivity contribution in [2.24, 2.45) is 0 Å². The maximum atomic E-state index is 13.9. The van der Waals surface area contributed by atoms with Crippen LogP contribution in [0.25, 0.3) is 0 Å². The monoisotopic (exact) mass is 392 g/mol. The standard InChI is InChI=1S/C13H8BrCl2FN2O2/c14-8-4-5-9(12(16)11(8)15)18-6-7-2-1-3-10(13(7)17)19(20)21/h1-5,18H,6H2. The minimum absolute atomic E-state index is 0.0468. The molecule has 0 aliphatic carbocycles. The van der Waals surface area contributed by atoms with E-state index in [1.54, 1.807) is 12.1 Å². The molecule has 2 rings (SSSR count). The molecule has 0 aliphatic rings. The summed E-state index contributed by atoms with van der Waals surface area (Å²) in [7, 11) is 0. The number of nitro benzene ring substituents is 1. The summed E-state index contributed by atoms with van der Waals surface area (Å²) in [4.78, 5) is 9.92. The zero-order chi connectivity index (χ0) is 15.6. The third kappa shape index (κ3) is 3.45. The zero-order valence-electron chi connectivity index (χ0n) is 10.4. The van der Waals surface area contributed by atoms with Gasteiger partial charge in [-0.25, -0.2) is 0 Å². The van der Waals surface area contributed by atoms with Crippen LogP contribution in [0.3, 0.4) is 0 Å². The molecular formula is C13H8BrCl2FN2O2. The summed E-state index contributed by atoms with van der Waals surface area (Å²) >= 11 is 15.3. The molecule has 0 radical (unpaired) electrons. The van der Waals surface area contributed by atoms with Gasteiger partial charge in [0.05, 0.1) is 20.7 Å². The van der Waals surface area contributed by atoms with E-state index in [1.165, 1.54) is 12.1 Å². The van der Waals surface area contributed by atoms with Crippen LogP contribution < -0.4 is 5.32 Å². The molecule has 0 fully saturated rings. The fraction of sp³-hybridized carbons (Fsp3) is 0.0769. The highest BCUT2D eigenvalue weighted by atomic mass is 79.9. The van der Waals surface area contributed by atoms with Crippen molar-refractivity contribution in [1.82, 2.24) is 0 Å². The number of hydrogen-bond acceptors (Lipinski definition) is 3. The van der Waals surface area contributed by atoms with Gasteiger partial charge >= 0.3 is 5.69 Å². The molecule has 2 aromatic carbocycles. The van der Waals surface area contributed by atoms with E-state index in [4.69, 9.17) is 23.2 Å². The third-order valence-electron chi connectivity index (χ3n) is 2.76. The Morgan fingerprint density at radius 1 is 1.24 bits per heavy atom. The van der Waals surface area contributed by atoms with Crippen LogP contribution in [0.4, 0.5) is 15.8 Å². The molecule has 1 N–H and O–H groups in total. The van der Waals surface area contributed by atoms with E-state index in [-0.39, 0.29) is 17.1 Å². The van der Waals surface area contributed by atoms with Crippen molar-refractivity contribution in [3.8, 4) is 0 Å². The summed E-state index contributed by atoms with van der Waals surface area (Å²) in [5.74, 6) is -0.866. The van der Waals surface area contributed by atoms with Gasteiger partial charge in [0.1, 0.15) is 0 Å². The van der Waals surface area contributed by atoms with E-state index in [0.29, 0.717) is 15.2 Å². The molecular weight excluding hydrogens is 386 g/mol. The lowest BCUT2D eigenvalue weighted by atomic mass is 10.2. The fourth-order valence-corrected chi connectivity index (χ4v) is 2.54. The summed E-state index contributed by atoms with van der Waals surface area (Å²) in [5, 5.41) is 14.2. The molecule has 21 heavy (non-hydrogen) atoms. The molecule has 0 atom stereocenters. The Hall–Kier alpha value is -1.37. The van der Waals surface area contributed by atoms with Crippen molar-refractivity contribution < 1.29 is 9.31 Å². The number of nitro groups is 1. The van der Waals surface area contributed by atoms with E-state index >= 15 is 0 Å². The van der Waals surface area contributed by atoms with Gasteiger partial charge in [0, 0.05) is 22.6 Å². The zero-order valence-corrected chi connectivity index (χ0v) is 13.5. The van der Waals surface area contributed by atoms with Crippen molar-refractivity contribution in [1.29, 1.82) is 0 Å². The predicted molar refractivity (Wildman–Crippen MR) is 84.5 cm³/mol. The predicted octanol–water partition coefficient (Wildman–Crippen LogP) is 5.42. The number of benzene rings is 2. The molecule has 0 bridgehead atoms. The van der Waals surface area contributed by atoms with E-state index in [9.17, 15) is 14.5 Å². The van der Waals surface area contributed by atoms with Crippen LogP contribution in [0.5, 0.6) is 0 Å². The highest BCUT2D eigenvalue weighted by Crippen LogP contribution is 2.36. The lowest BCUT2D eigenvalue weighted by Crippen LogP contribution is -2.04. The first kappa shape index (κ1) is 16.0. The van der Waals surface area contributed by atoms with E-state index in [0.717, 1.165) is 6.07 Å². The molecule has 0 aromatic heterocycles. The number of hydrogen-bond donors (Lipinski definition) is 1. The second-order valence-electron chi connectivity index (χ2n) is 4.08. The first-order chi connectivity index (χ1) is 9.91. The highest BCUT2D eigenvalue weighted by Gasteiger charge is 2.17. The van der Waals surface area contributed by atoms with E-state index in [1.807, 2.05) is 0 Å². The second-order valence-corrected chi connectivity index (χ2v) is 5.69. The van der Waals surface area contributed by atoms with Gasteiger partial charge in [-0.2, -0.15) is 4.39 Å². The molecule has 0 heterocycles. The topological polar surface area (TPSA) is 55.2 Å². The number of nitrogens with one attached hydrogen (secondary N) is 1. The molecule has 0 unspecified atom stereocenters. The molecule has 110 valence electrons. The van der Waals surface area contributed by atoms with Crippen LogP contribution in [0.1, 0.15) is 5.56 Å². The van der Waals surface area contributed by atoms with E-state index in [2.05, 4.69) is 21.2 Å². The first-order valence-corrected chi connectivity index (χ1v) is 7.26. The number of anilines is 1. The Morgan fingerprint density at radius 2 is 1.95 bits per heavy atom. The summed E-state index contributed by atoms with van der Waals surface area (Å²) in [6.07, 6.45) is 0. The van der Waals surface area contributed by atoms with Crippen LogP contribution in [-0.2, 0) is 6.54 Å². The Labute approximate surface area is 138 Å². The van der Waals surface area contributed by atoms with Gasteiger partial charge in [0.15, 0.2) is 0 Å². The quantitative estimate of drug-likeness (QED) is 0.429. The van der Waals surface area contributed by atoms with Crippen LogP contribution in [0, 0.1) is 15.9 Å². The van der Waals surface area contributed by atoms with Crippen LogP contribution >= 0.6 is 39.1 Å². The average molecular weight is 394 g/mol.